The van der Waals surface area contributed by atoms with Gasteiger partial charge in [-0.15, -0.1) is 6.58 Å². The van der Waals surface area contributed by atoms with Gasteiger partial charge in [0.15, 0.2) is 5.16 Å². The van der Waals surface area contributed by atoms with Crippen LogP contribution in [0.5, 0.6) is 0 Å². The summed E-state index contributed by atoms with van der Waals surface area (Å²) in [6.45, 7) is 4.41. The van der Waals surface area contributed by atoms with E-state index >= 15 is 0 Å². The average molecular weight is 383 g/mol. The largest absolute Gasteiger partial charge is 0.325 e. The Hall–Kier alpha value is -2.75. The van der Waals surface area contributed by atoms with E-state index in [4.69, 9.17) is 16.9 Å². The summed E-state index contributed by atoms with van der Waals surface area (Å²) in [5, 5.41) is 12.7. The molecule has 1 amide bonds. The number of thioether (sulfide) groups is 1. The molecule has 0 saturated carbocycles. The van der Waals surface area contributed by atoms with Crippen molar-refractivity contribution in [2.45, 2.75) is 11.7 Å². The summed E-state index contributed by atoms with van der Waals surface area (Å²) in [5.74, 6) is 0.0333. The molecule has 1 heterocycles. The zero-order valence-corrected chi connectivity index (χ0v) is 15.3. The molecule has 130 valence electrons. The van der Waals surface area contributed by atoms with Gasteiger partial charge in [-0.2, -0.15) is 5.26 Å². The predicted octanol–water partition coefficient (Wildman–Crippen LogP) is 4.48. The van der Waals surface area contributed by atoms with Crippen LogP contribution in [-0.4, -0.2) is 21.2 Å². The van der Waals surface area contributed by atoms with Gasteiger partial charge in [0, 0.05) is 12.2 Å². The summed E-state index contributed by atoms with van der Waals surface area (Å²) in [5.41, 5.74) is 2.82. The summed E-state index contributed by atoms with van der Waals surface area (Å²) < 4.78 is 2.03. The van der Waals surface area contributed by atoms with Crippen LogP contribution < -0.4 is 5.32 Å². The Morgan fingerprint density at radius 1 is 1.38 bits per heavy atom. The fraction of sp³-hybridized carbons (Fsp3) is 0.105. The maximum atomic E-state index is 12.2. The van der Waals surface area contributed by atoms with E-state index in [1.54, 1.807) is 24.3 Å². The third-order valence-corrected chi connectivity index (χ3v) is 4.93. The Balaban J connectivity index is 1.71. The molecule has 7 heteroatoms. The molecular formula is C19H15ClN4OS. The standard InChI is InChI=1S/C19H15ClN4OS/c1-2-9-24-17-6-4-3-5-16(17)23-19(24)26-12-18(25)22-14-8-7-13(11-21)15(20)10-14/h2-8,10H,1,9,12H2,(H,22,25). The lowest BCUT2D eigenvalue weighted by atomic mass is 10.2. The number of allylic oxidation sites excluding steroid dienone is 1. The van der Waals surface area contributed by atoms with E-state index in [1.807, 2.05) is 34.9 Å². The topological polar surface area (TPSA) is 70.7 Å². The van der Waals surface area contributed by atoms with E-state index < -0.39 is 0 Å². The SMILES string of the molecule is C=CCn1c(SCC(=O)Nc2ccc(C#N)c(Cl)c2)nc2ccccc21. The van der Waals surface area contributed by atoms with Crippen molar-refractivity contribution in [3.8, 4) is 6.07 Å². The number of hydrogen-bond acceptors (Lipinski definition) is 4. The Kier molecular flexibility index (Phi) is 5.61. The molecule has 0 aliphatic carbocycles. The molecule has 2 aromatic carbocycles. The molecule has 0 aliphatic rings. The van der Waals surface area contributed by atoms with Crippen LogP contribution in [0.1, 0.15) is 5.56 Å². The van der Waals surface area contributed by atoms with Gasteiger partial charge >= 0.3 is 0 Å². The first-order chi connectivity index (χ1) is 12.6. The van der Waals surface area contributed by atoms with Crippen molar-refractivity contribution in [3.63, 3.8) is 0 Å². The molecule has 1 aromatic heterocycles. The van der Waals surface area contributed by atoms with Crippen molar-refractivity contribution in [2.75, 3.05) is 11.1 Å². The highest BCUT2D eigenvalue weighted by atomic mass is 35.5. The number of aromatic nitrogens is 2. The Morgan fingerprint density at radius 3 is 2.92 bits per heavy atom. The van der Waals surface area contributed by atoms with Gasteiger partial charge in [-0.05, 0) is 30.3 Å². The van der Waals surface area contributed by atoms with Crippen molar-refractivity contribution in [2.24, 2.45) is 0 Å². The summed E-state index contributed by atoms with van der Waals surface area (Å²) in [6.07, 6.45) is 1.80. The van der Waals surface area contributed by atoms with Gasteiger partial charge in [0.1, 0.15) is 6.07 Å². The number of fused-ring (bicyclic) bond motifs is 1. The van der Waals surface area contributed by atoms with Crippen molar-refractivity contribution in [3.05, 3.63) is 65.7 Å². The van der Waals surface area contributed by atoms with E-state index in [0.717, 1.165) is 16.2 Å². The summed E-state index contributed by atoms with van der Waals surface area (Å²) in [4.78, 5) is 16.8. The highest BCUT2D eigenvalue weighted by Gasteiger charge is 2.12. The molecule has 0 saturated heterocycles. The number of benzene rings is 2. The number of anilines is 1. The minimum Gasteiger partial charge on any atom is -0.325 e. The molecule has 3 rings (SSSR count). The highest BCUT2D eigenvalue weighted by molar-refractivity contribution is 7.99. The quantitative estimate of drug-likeness (QED) is 0.504. The monoisotopic (exact) mass is 382 g/mol. The summed E-state index contributed by atoms with van der Waals surface area (Å²) >= 11 is 7.34. The van der Waals surface area contributed by atoms with Crippen LogP contribution in [0.2, 0.25) is 5.02 Å². The van der Waals surface area contributed by atoms with E-state index in [-0.39, 0.29) is 11.7 Å². The van der Waals surface area contributed by atoms with Crippen LogP contribution in [0.3, 0.4) is 0 Å². The summed E-state index contributed by atoms with van der Waals surface area (Å²) in [7, 11) is 0. The van der Waals surface area contributed by atoms with Crippen LogP contribution in [0.25, 0.3) is 11.0 Å². The second kappa shape index (κ2) is 8.09. The predicted molar refractivity (Wildman–Crippen MR) is 105 cm³/mol. The number of nitrogens with one attached hydrogen (secondary N) is 1. The number of carbonyl (C=O) groups is 1. The number of nitrogens with zero attached hydrogens (tertiary/aromatic N) is 3. The Labute approximate surface area is 160 Å². The molecule has 5 nitrogen and oxygen atoms in total. The third kappa shape index (κ3) is 3.90. The molecule has 0 radical (unpaired) electrons. The molecule has 0 bridgehead atoms. The molecule has 0 unspecified atom stereocenters. The second-order valence-corrected chi connectivity index (χ2v) is 6.78. The maximum absolute atomic E-state index is 12.2. The van der Waals surface area contributed by atoms with E-state index in [1.165, 1.54) is 11.8 Å². The number of nitriles is 1. The van der Waals surface area contributed by atoms with Gasteiger partial charge in [-0.3, -0.25) is 4.79 Å². The van der Waals surface area contributed by atoms with E-state index in [2.05, 4.69) is 16.9 Å². The molecule has 0 fully saturated rings. The van der Waals surface area contributed by atoms with E-state index in [9.17, 15) is 4.79 Å². The van der Waals surface area contributed by atoms with Crippen LogP contribution in [0.15, 0.2) is 60.3 Å². The van der Waals surface area contributed by atoms with Gasteiger partial charge in [0.05, 0.1) is 27.4 Å². The van der Waals surface area contributed by atoms with Gasteiger partial charge in [0.2, 0.25) is 5.91 Å². The lowest BCUT2D eigenvalue weighted by molar-refractivity contribution is -0.113. The first kappa shape index (κ1) is 18.1. The number of para-hydroxylation sites is 2. The lowest BCUT2D eigenvalue weighted by Crippen LogP contribution is -2.14. The molecule has 26 heavy (non-hydrogen) atoms. The van der Waals surface area contributed by atoms with Crippen molar-refractivity contribution >= 4 is 46.0 Å². The Morgan fingerprint density at radius 2 is 2.19 bits per heavy atom. The number of hydrogen-bond donors (Lipinski definition) is 1. The van der Waals surface area contributed by atoms with Crippen LogP contribution in [-0.2, 0) is 11.3 Å². The smallest absolute Gasteiger partial charge is 0.234 e. The number of rotatable bonds is 6. The first-order valence-corrected chi connectivity index (χ1v) is 9.17. The van der Waals surface area contributed by atoms with Gasteiger partial charge in [0.25, 0.3) is 0 Å². The Bertz CT molecular complexity index is 1020. The normalized spacial score (nSPS) is 10.5. The number of imidazole rings is 1. The molecule has 1 N–H and O–H groups in total. The number of halogens is 1. The molecule has 0 aliphatic heterocycles. The van der Waals surface area contributed by atoms with Gasteiger partial charge < -0.3 is 9.88 Å². The fourth-order valence-corrected chi connectivity index (χ4v) is 3.53. The zero-order chi connectivity index (χ0) is 18.5. The first-order valence-electron chi connectivity index (χ1n) is 7.81. The molecule has 0 atom stereocenters. The molecular weight excluding hydrogens is 368 g/mol. The van der Waals surface area contributed by atoms with Crippen molar-refractivity contribution < 1.29 is 4.79 Å². The number of carbonyl (C=O) groups excluding carboxylic acids is 1. The zero-order valence-electron chi connectivity index (χ0n) is 13.8. The molecule has 0 spiro atoms. The minimum absolute atomic E-state index is 0.173. The van der Waals surface area contributed by atoms with Crippen molar-refractivity contribution in [1.82, 2.24) is 9.55 Å². The van der Waals surface area contributed by atoms with Crippen LogP contribution in [0.4, 0.5) is 5.69 Å². The van der Waals surface area contributed by atoms with Crippen LogP contribution in [0, 0.1) is 11.3 Å². The molecule has 3 aromatic rings. The van der Waals surface area contributed by atoms with Crippen molar-refractivity contribution in [1.29, 1.82) is 5.26 Å². The van der Waals surface area contributed by atoms with Gasteiger partial charge in [-0.25, -0.2) is 4.98 Å². The fourth-order valence-electron chi connectivity index (χ4n) is 2.48. The minimum atomic E-state index is -0.173. The third-order valence-electron chi connectivity index (χ3n) is 3.64. The maximum Gasteiger partial charge on any atom is 0.234 e. The number of amides is 1. The lowest BCUT2D eigenvalue weighted by Gasteiger charge is -2.07. The van der Waals surface area contributed by atoms with Crippen LogP contribution >= 0.6 is 23.4 Å². The summed E-state index contributed by atoms with van der Waals surface area (Å²) in [6, 6.07) is 14.6. The second-order valence-electron chi connectivity index (χ2n) is 5.43. The highest BCUT2D eigenvalue weighted by Crippen LogP contribution is 2.25. The average Bonchev–Trinajstić information content (AvgIpc) is 2.98. The van der Waals surface area contributed by atoms with E-state index in [0.29, 0.717) is 22.8 Å². The van der Waals surface area contributed by atoms with Gasteiger partial charge in [-0.1, -0.05) is 41.6 Å².